The number of fused-ring (bicyclic) bond motifs is 3. The van der Waals surface area contributed by atoms with Gasteiger partial charge in [-0.05, 0) is 41.0 Å². The van der Waals surface area contributed by atoms with Crippen LogP contribution in [0.5, 0.6) is 0 Å². The lowest BCUT2D eigenvalue weighted by atomic mass is 9.79. The maximum atomic E-state index is 12.2. The molecule has 1 fully saturated rings. The van der Waals surface area contributed by atoms with Gasteiger partial charge in [0.2, 0.25) is 5.91 Å². The molecule has 2 amide bonds. The molecule has 35 heavy (non-hydrogen) atoms. The lowest BCUT2D eigenvalue weighted by Gasteiger charge is -2.28. The highest BCUT2D eigenvalue weighted by Gasteiger charge is 2.31. The number of rotatable bonds is 10. The van der Waals surface area contributed by atoms with E-state index in [1.165, 1.54) is 11.1 Å². The summed E-state index contributed by atoms with van der Waals surface area (Å²) in [5.41, 5.74) is 4.65. The Bertz CT molecular complexity index is 1010. The first-order chi connectivity index (χ1) is 17.0. The summed E-state index contributed by atoms with van der Waals surface area (Å²) in [7, 11) is 0. The van der Waals surface area contributed by atoms with Crippen molar-refractivity contribution < 1.29 is 29.0 Å². The number of aliphatic carboxylic acids is 1. The zero-order valence-corrected chi connectivity index (χ0v) is 19.7. The molecule has 0 heterocycles. The van der Waals surface area contributed by atoms with E-state index in [4.69, 9.17) is 9.47 Å². The molecule has 2 atom stereocenters. The minimum Gasteiger partial charge on any atom is -0.481 e. The molecule has 8 heteroatoms. The van der Waals surface area contributed by atoms with Crippen molar-refractivity contribution in [3.63, 3.8) is 0 Å². The van der Waals surface area contributed by atoms with Crippen LogP contribution in [0.1, 0.15) is 42.7 Å². The van der Waals surface area contributed by atoms with Crippen molar-refractivity contribution in [3.8, 4) is 11.1 Å². The zero-order valence-electron chi connectivity index (χ0n) is 19.7. The van der Waals surface area contributed by atoms with Crippen molar-refractivity contribution in [1.82, 2.24) is 10.6 Å². The SMILES string of the molecule is O=C(COCCNC(=O)OCC1c2ccccc2-c2ccccc21)NC[C@H]1CCCC[C@H]1C(=O)O. The molecular weight excluding hydrogens is 448 g/mol. The second-order valence-corrected chi connectivity index (χ2v) is 9.10. The number of carbonyl (C=O) groups is 3. The first-order valence-corrected chi connectivity index (χ1v) is 12.2. The number of carbonyl (C=O) groups excluding carboxylic acids is 2. The molecular formula is C27H32N2O6. The highest BCUT2D eigenvalue weighted by Crippen LogP contribution is 2.44. The van der Waals surface area contributed by atoms with Crippen LogP contribution in [0, 0.1) is 11.8 Å². The normalized spacial score (nSPS) is 18.9. The molecule has 0 aliphatic heterocycles. The summed E-state index contributed by atoms with van der Waals surface area (Å²) in [6.07, 6.45) is 2.84. The molecule has 0 saturated heterocycles. The topological polar surface area (TPSA) is 114 Å². The average molecular weight is 481 g/mol. The molecule has 2 aromatic carbocycles. The van der Waals surface area contributed by atoms with Crippen LogP contribution in [0.25, 0.3) is 11.1 Å². The van der Waals surface area contributed by atoms with E-state index in [-0.39, 0.29) is 44.1 Å². The number of amides is 2. The highest BCUT2D eigenvalue weighted by atomic mass is 16.5. The highest BCUT2D eigenvalue weighted by molar-refractivity contribution is 5.79. The van der Waals surface area contributed by atoms with Gasteiger partial charge in [0.05, 0.1) is 12.5 Å². The summed E-state index contributed by atoms with van der Waals surface area (Å²) in [4.78, 5) is 35.5. The number of carboxylic acids is 1. The molecule has 0 unspecified atom stereocenters. The van der Waals surface area contributed by atoms with Gasteiger partial charge in [0.15, 0.2) is 0 Å². The van der Waals surface area contributed by atoms with E-state index in [9.17, 15) is 19.5 Å². The van der Waals surface area contributed by atoms with Gasteiger partial charge in [-0.15, -0.1) is 0 Å². The molecule has 0 radical (unpaired) electrons. The number of ether oxygens (including phenoxy) is 2. The minimum atomic E-state index is -0.792. The van der Waals surface area contributed by atoms with Gasteiger partial charge in [0, 0.05) is 19.0 Å². The van der Waals surface area contributed by atoms with Crippen molar-refractivity contribution in [2.75, 3.05) is 32.9 Å². The van der Waals surface area contributed by atoms with E-state index >= 15 is 0 Å². The lowest BCUT2D eigenvalue weighted by Crippen LogP contribution is -2.38. The predicted octanol–water partition coefficient (Wildman–Crippen LogP) is 3.55. The molecule has 2 aliphatic carbocycles. The van der Waals surface area contributed by atoms with Gasteiger partial charge in [-0.2, -0.15) is 0 Å². The molecule has 2 aliphatic rings. The number of carboxylic acid groups (broad SMARTS) is 1. The smallest absolute Gasteiger partial charge is 0.407 e. The van der Waals surface area contributed by atoms with Crippen LogP contribution in [0.4, 0.5) is 4.79 Å². The summed E-state index contributed by atoms with van der Waals surface area (Å²) in [5.74, 6) is -1.52. The standard InChI is InChI=1S/C27H32N2O6/c30-25(29-15-18-7-1-2-8-19(18)26(31)32)17-34-14-13-28-27(33)35-16-24-22-11-5-3-9-20(22)21-10-4-6-12-23(21)24/h3-6,9-12,18-19,24H,1-2,7-8,13-17H2,(H,28,33)(H,29,30)(H,31,32)/t18-,19-/m1/s1. The largest absolute Gasteiger partial charge is 0.481 e. The summed E-state index contributed by atoms with van der Waals surface area (Å²) >= 11 is 0. The Morgan fingerprint density at radius 2 is 1.57 bits per heavy atom. The maximum absolute atomic E-state index is 12.2. The lowest BCUT2D eigenvalue weighted by molar-refractivity contribution is -0.145. The summed E-state index contributed by atoms with van der Waals surface area (Å²) in [6, 6.07) is 16.3. The third-order valence-corrected chi connectivity index (χ3v) is 6.88. The number of hydrogen-bond acceptors (Lipinski definition) is 5. The predicted molar refractivity (Wildman–Crippen MR) is 130 cm³/mol. The van der Waals surface area contributed by atoms with Gasteiger partial charge in [-0.3, -0.25) is 9.59 Å². The number of hydrogen-bond donors (Lipinski definition) is 3. The molecule has 0 spiro atoms. The van der Waals surface area contributed by atoms with Crippen LogP contribution in [-0.4, -0.2) is 56.0 Å². The molecule has 0 bridgehead atoms. The molecule has 1 saturated carbocycles. The quantitative estimate of drug-likeness (QED) is 0.448. The second kappa shape index (κ2) is 11.8. The molecule has 186 valence electrons. The first-order valence-electron chi connectivity index (χ1n) is 12.2. The molecule has 8 nitrogen and oxygen atoms in total. The van der Waals surface area contributed by atoms with Gasteiger partial charge >= 0.3 is 12.1 Å². The fraction of sp³-hybridized carbons (Fsp3) is 0.444. The summed E-state index contributed by atoms with van der Waals surface area (Å²) in [6.45, 7) is 0.822. The van der Waals surface area contributed by atoms with Crippen LogP contribution in [-0.2, 0) is 19.1 Å². The Kier molecular flexibility index (Phi) is 8.36. The third kappa shape index (κ3) is 6.19. The Balaban J connectivity index is 1.12. The average Bonchev–Trinajstić information content (AvgIpc) is 3.20. The van der Waals surface area contributed by atoms with E-state index in [0.717, 1.165) is 30.4 Å². The Hall–Kier alpha value is -3.39. The second-order valence-electron chi connectivity index (χ2n) is 9.10. The molecule has 2 aromatic rings. The molecule has 0 aromatic heterocycles. The Morgan fingerprint density at radius 1 is 0.914 bits per heavy atom. The van der Waals surface area contributed by atoms with Gasteiger partial charge in [0.25, 0.3) is 0 Å². The van der Waals surface area contributed by atoms with E-state index in [0.29, 0.717) is 13.0 Å². The Morgan fingerprint density at radius 3 is 2.26 bits per heavy atom. The number of benzene rings is 2. The first kappa shape index (κ1) is 24.7. The summed E-state index contributed by atoms with van der Waals surface area (Å²) < 4.78 is 10.8. The number of nitrogens with one attached hydrogen (secondary N) is 2. The third-order valence-electron chi connectivity index (χ3n) is 6.88. The molecule has 3 N–H and O–H groups in total. The summed E-state index contributed by atoms with van der Waals surface area (Å²) in [5, 5.41) is 14.7. The zero-order chi connectivity index (χ0) is 24.6. The molecule has 4 rings (SSSR count). The van der Waals surface area contributed by atoms with Gasteiger partial charge in [-0.25, -0.2) is 4.79 Å². The van der Waals surface area contributed by atoms with Crippen LogP contribution in [0.15, 0.2) is 48.5 Å². The van der Waals surface area contributed by atoms with Crippen LogP contribution in [0.3, 0.4) is 0 Å². The van der Waals surface area contributed by atoms with Crippen molar-refractivity contribution in [3.05, 3.63) is 59.7 Å². The van der Waals surface area contributed by atoms with E-state index in [2.05, 4.69) is 34.9 Å². The maximum Gasteiger partial charge on any atom is 0.407 e. The Labute approximate surface area is 205 Å². The van der Waals surface area contributed by atoms with E-state index in [1.54, 1.807) is 0 Å². The van der Waals surface area contributed by atoms with Gasteiger partial charge in [0.1, 0.15) is 13.2 Å². The monoisotopic (exact) mass is 480 g/mol. The van der Waals surface area contributed by atoms with Crippen molar-refractivity contribution in [2.45, 2.75) is 31.6 Å². The van der Waals surface area contributed by atoms with Crippen molar-refractivity contribution >= 4 is 18.0 Å². The van der Waals surface area contributed by atoms with E-state index < -0.39 is 18.0 Å². The van der Waals surface area contributed by atoms with Crippen LogP contribution < -0.4 is 10.6 Å². The van der Waals surface area contributed by atoms with Crippen molar-refractivity contribution in [1.29, 1.82) is 0 Å². The fourth-order valence-electron chi connectivity index (χ4n) is 5.11. The van der Waals surface area contributed by atoms with Crippen LogP contribution >= 0.6 is 0 Å². The van der Waals surface area contributed by atoms with Crippen LogP contribution in [0.2, 0.25) is 0 Å². The minimum absolute atomic E-state index is 0.00187. The number of alkyl carbamates (subject to hydrolysis) is 1. The van der Waals surface area contributed by atoms with Gasteiger partial charge in [-0.1, -0.05) is 61.4 Å². The van der Waals surface area contributed by atoms with Gasteiger partial charge < -0.3 is 25.2 Å². The van der Waals surface area contributed by atoms with E-state index in [1.807, 2.05) is 24.3 Å². The fourth-order valence-corrected chi connectivity index (χ4v) is 5.11. The van der Waals surface area contributed by atoms with Crippen molar-refractivity contribution in [2.24, 2.45) is 11.8 Å².